The molecule has 0 atom stereocenters. The average molecular weight is 314 g/mol. The van der Waals surface area contributed by atoms with Gasteiger partial charge in [-0.05, 0) is 38.5 Å². The highest BCUT2D eigenvalue weighted by molar-refractivity contribution is 4.84. The molecular weight excluding hydrogens is 280 g/mol. The molecule has 2 saturated heterocycles. The van der Waals surface area contributed by atoms with Crippen molar-refractivity contribution in [1.29, 1.82) is 0 Å². The van der Waals surface area contributed by atoms with Gasteiger partial charge in [0.05, 0.1) is 26.4 Å². The van der Waals surface area contributed by atoms with Gasteiger partial charge in [-0.25, -0.2) is 0 Å². The minimum atomic E-state index is 0.420. The van der Waals surface area contributed by atoms with Crippen LogP contribution in [0.15, 0.2) is 0 Å². The van der Waals surface area contributed by atoms with Gasteiger partial charge in [0.25, 0.3) is 0 Å². The highest BCUT2D eigenvalue weighted by Crippen LogP contribution is 2.35. The summed E-state index contributed by atoms with van der Waals surface area (Å²) in [4.78, 5) is 0. The van der Waals surface area contributed by atoms with E-state index in [9.17, 15) is 0 Å². The zero-order chi connectivity index (χ0) is 15.7. The lowest BCUT2D eigenvalue weighted by atomic mass is 9.80. The van der Waals surface area contributed by atoms with Crippen molar-refractivity contribution in [3.05, 3.63) is 0 Å². The van der Waals surface area contributed by atoms with Crippen LogP contribution in [-0.2, 0) is 18.9 Å². The van der Waals surface area contributed by atoms with Crippen LogP contribution in [0.4, 0.5) is 0 Å². The minimum Gasteiger partial charge on any atom is -0.381 e. The second-order valence-electron chi connectivity index (χ2n) is 7.12. The lowest BCUT2D eigenvalue weighted by Crippen LogP contribution is -2.42. The molecule has 22 heavy (non-hydrogen) atoms. The van der Waals surface area contributed by atoms with Crippen molar-refractivity contribution < 1.29 is 18.9 Å². The van der Waals surface area contributed by atoms with Crippen LogP contribution in [0.25, 0.3) is 0 Å². The average Bonchev–Trinajstić information content (AvgIpc) is 2.46. The van der Waals surface area contributed by atoms with Crippen LogP contribution in [0, 0.1) is 10.8 Å². The Bertz CT molecular complexity index is 256. The van der Waals surface area contributed by atoms with Crippen molar-refractivity contribution >= 4 is 0 Å². The van der Waals surface area contributed by atoms with Crippen LogP contribution in [0.1, 0.15) is 52.4 Å². The van der Waals surface area contributed by atoms with Crippen LogP contribution < -0.4 is 0 Å². The fourth-order valence-electron chi connectivity index (χ4n) is 3.02. The summed E-state index contributed by atoms with van der Waals surface area (Å²) in [7, 11) is 0. The number of rotatable bonds is 13. The first-order valence-electron chi connectivity index (χ1n) is 9.05. The predicted octanol–water partition coefficient (Wildman–Crippen LogP) is 3.43. The summed E-state index contributed by atoms with van der Waals surface area (Å²) in [5, 5.41) is 0. The Hall–Kier alpha value is -0.160. The quantitative estimate of drug-likeness (QED) is 0.488. The fourth-order valence-corrected chi connectivity index (χ4v) is 3.02. The Kier molecular flexibility index (Phi) is 7.61. The summed E-state index contributed by atoms with van der Waals surface area (Å²) in [6.07, 6.45) is 6.88. The molecule has 0 aromatic rings. The Balaban J connectivity index is 1.34. The second kappa shape index (κ2) is 9.21. The maximum atomic E-state index is 5.74. The van der Waals surface area contributed by atoms with Crippen molar-refractivity contribution in [3.63, 3.8) is 0 Å². The van der Waals surface area contributed by atoms with Crippen LogP contribution in [0.5, 0.6) is 0 Å². The normalized spacial score (nSPS) is 22.1. The van der Waals surface area contributed by atoms with Gasteiger partial charge in [-0.15, -0.1) is 0 Å². The number of hydrogen-bond acceptors (Lipinski definition) is 4. The van der Waals surface area contributed by atoms with E-state index in [0.717, 1.165) is 78.5 Å². The monoisotopic (exact) mass is 314 g/mol. The summed E-state index contributed by atoms with van der Waals surface area (Å²) in [5.41, 5.74) is 0.840. The third kappa shape index (κ3) is 5.19. The lowest BCUT2D eigenvalue weighted by molar-refractivity contribution is -0.128. The summed E-state index contributed by atoms with van der Waals surface area (Å²) >= 11 is 0. The summed E-state index contributed by atoms with van der Waals surface area (Å²) in [5.74, 6) is 0. The van der Waals surface area contributed by atoms with Crippen molar-refractivity contribution in [2.24, 2.45) is 10.8 Å². The zero-order valence-electron chi connectivity index (χ0n) is 14.5. The van der Waals surface area contributed by atoms with Crippen molar-refractivity contribution in [2.75, 3.05) is 52.9 Å². The highest BCUT2D eigenvalue weighted by Gasteiger charge is 2.36. The van der Waals surface area contributed by atoms with Gasteiger partial charge in [0.2, 0.25) is 0 Å². The third-order valence-corrected chi connectivity index (χ3v) is 5.51. The molecule has 2 aliphatic heterocycles. The Morgan fingerprint density at radius 2 is 1.09 bits per heavy atom. The first kappa shape index (κ1) is 18.2. The van der Waals surface area contributed by atoms with E-state index in [4.69, 9.17) is 18.9 Å². The lowest BCUT2D eigenvalue weighted by Gasteiger charge is -2.40. The zero-order valence-corrected chi connectivity index (χ0v) is 14.5. The van der Waals surface area contributed by atoms with Gasteiger partial charge >= 0.3 is 0 Å². The van der Waals surface area contributed by atoms with Crippen LogP contribution >= 0.6 is 0 Å². The topological polar surface area (TPSA) is 36.9 Å². The van der Waals surface area contributed by atoms with Gasteiger partial charge in [0.15, 0.2) is 0 Å². The van der Waals surface area contributed by atoms with Gasteiger partial charge < -0.3 is 18.9 Å². The van der Waals surface area contributed by atoms with Gasteiger partial charge in [-0.1, -0.05) is 13.8 Å². The van der Waals surface area contributed by atoms with Crippen LogP contribution in [0.2, 0.25) is 0 Å². The second-order valence-corrected chi connectivity index (χ2v) is 7.12. The van der Waals surface area contributed by atoms with Gasteiger partial charge in [0, 0.05) is 37.3 Å². The number of ether oxygens (including phenoxy) is 4. The molecule has 130 valence electrons. The molecule has 0 unspecified atom stereocenters. The summed E-state index contributed by atoms with van der Waals surface area (Å²) < 4.78 is 22.1. The smallest absolute Gasteiger partial charge is 0.0545 e. The molecule has 0 spiro atoms. The number of unbranched alkanes of at least 4 members (excludes halogenated alkanes) is 1. The number of hydrogen-bond donors (Lipinski definition) is 0. The Morgan fingerprint density at radius 1 is 0.682 bits per heavy atom. The molecular formula is C18H34O4. The van der Waals surface area contributed by atoms with E-state index in [2.05, 4.69) is 13.8 Å². The molecule has 0 aliphatic carbocycles. The molecule has 0 saturated carbocycles. The van der Waals surface area contributed by atoms with Crippen LogP contribution in [0.3, 0.4) is 0 Å². The van der Waals surface area contributed by atoms with Gasteiger partial charge in [-0.2, -0.15) is 0 Å². The first-order valence-corrected chi connectivity index (χ1v) is 9.05. The van der Waals surface area contributed by atoms with E-state index in [1.165, 1.54) is 12.8 Å². The molecule has 0 amide bonds. The molecule has 4 heteroatoms. The van der Waals surface area contributed by atoms with Crippen LogP contribution in [-0.4, -0.2) is 52.9 Å². The molecule has 0 aromatic heterocycles. The summed E-state index contributed by atoms with van der Waals surface area (Å²) in [6, 6.07) is 0. The van der Waals surface area contributed by atoms with E-state index in [1.807, 2.05) is 0 Å². The SMILES string of the molecule is CCC1(CCOCCCCOCCC2(CC)COC2)COC1. The molecule has 2 rings (SSSR count). The standard InChI is InChI=1S/C18H34O4/c1-3-17(13-21-14-17)7-11-19-9-5-6-10-20-12-8-18(4-2)15-22-16-18/h3-16H2,1-2H3. The molecule has 0 bridgehead atoms. The molecule has 0 N–H and O–H groups in total. The Labute approximate surface area is 135 Å². The fraction of sp³-hybridized carbons (Fsp3) is 1.00. The molecule has 0 radical (unpaired) electrons. The van der Waals surface area contributed by atoms with Crippen molar-refractivity contribution in [3.8, 4) is 0 Å². The maximum Gasteiger partial charge on any atom is 0.0545 e. The van der Waals surface area contributed by atoms with E-state index in [1.54, 1.807) is 0 Å². The predicted molar refractivity (Wildman–Crippen MR) is 87.2 cm³/mol. The molecule has 2 fully saturated rings. The molecule has 2 heterocycles. The van der Waals surface area contributed by atoms with E-state index >= 15 is 0 Å². The van der Waals surface area contributed by atoms with E-state index in [-0.39, 0.29) is 0 Å². The Morgan fingerprint density at radius 3 is 1.36 bits per heavy atom. The molecule has 2 aliphatic rings. The molecule has 4 nitrogen and oxygen atoms in total. The maximum absolute atomic E-state index is 5.74. The van der Waals surface area contributed by atoms with E-state index in [0.29, 0.717) is 10.8 Å². The van der Waals surface area contributed by atoms with Crippen molar-refractivity contribution in [2.45, 2.75) is 52.4 Å². The van der Waals surface area contributed by atoms with Gasteiger partial charge in [-0.3, -0.25) is 0 Å². The summed E-state index contributed by atoms with van der Waals surface area (Å²) in [6.45, 7) is 11.6. The third-order valence-electron chi connectivity index (χ3n) is 5.51. The minimum absolute atomic E-state index is 0.420. The van der Waals surface area contributed by atoms with Gasteiger partial charge in [0.1, 0.15) is 0 Å². The largest absolute Gasteiger partial charge is 0.381 e. The molecule has 0 aromatic carbocycles. The van der Waals surface area contributed by atoms with Crippen molar-refractivity contribution in [1.82, 2.24) is 0 Å². The van der Waals surface area contributed by atoms with E-state index < -0.39 is 0 Å². The highest BCUT2D eigenvalue weighted by atomic mass is 16.5. The first-order chi connectivity index (χ1) is 10.7.